The van der Waals surface area contributed by atoms with E-state index in [-0.39, 0.29) is 5.91 Å². The fourth-order valence-corrected chi connectivity index (χ4v) is 4.09. The Balaban J connectivity index is 1.94. The summed E-state index contributed by atoms with van der Waals surface area (Å²) in [5.74, 6) is 5.69. The Morgan fingerprint density at radius 3 is 2.95 bits per heavy atom. The van der Waals surface area contributed by atoms with Gasteiger partial charge in [0.05, 0.1) is 4.88 Å². The number of carbonyl (C=O) groups excluding carboxylic acids is 1. The highest BCUT2D eigenvalue weighted by atomic mass is 32.1. The highest BCUT2D eigenvalue weighted by molar-refractivity contribution is 7.21. The Bertz CT molecular complexity index is 654. The number of rotatable bonds is 4. The monoisotopic (exact) mass is 304 g/mol. The summed E-state index contributed by atoms with van der Waals surface area (Å²) in [6.45, 7) is 3.56. The number of nitrogens with zero attached hydrogens (tertiary/aromatic N) is 1. The van der Waals surface area contributed by atoms with Gasteiger partial charge in [-0.15, -0.1) is 11.3 Å². The summed E-state index contributed by atoms with van der Waals surface area (Å²) in [4.78, 5) is 15.1. The molecule has 0 saturated carbocycles. The number of fused-ring (bicyclic) bond motifs is 1. The van der Waals surface area contributed by atoms with Crippen LogP contribution in [0.5, 0.6) is 0 Å². The van der Waals surface area contributed by atoms with Crippen LogP contribution in [0.15, 0.2) is 24.3 Å². The molecule has 1 saturated heterocycles. The van der Waals surface area contributed by atoms with Gasteiger partial charge >= 0.3 is 0 Å². The molecule has 112 valence electrons. The smallest absolute Gasteiger partial charge is 0.275 e. The van der Waals surface area contributed by atoms with Gasteiger partial charge in [-0.3, -0.25) is 15.1 Å². The van der Waals surface area contributed by atoms with Gasteiger partial charge in [0, 0.05) is 17.8 Å². The first-order chi connectivity index (χ1) is 10.2. The molecule has 5 nitrogen and oxygen atoms in total. The van der Waals surface area contributed by atoms with Crippen LogP contribution in [0.3, 0.4) is 0 Å². The van der Waals surface area contributed by atoms with Crippen LogP contribution in [-0.2, 0) is 6.54 Å². The van der Waals surface area contributed by atoms with E-state index in [2.05, 4.69) is 16.4 Å². The van der Waals surface area contributed by atoms with Gasteiger partial charge in [-0.25, -0.2) is 5.84 Å². The quantitative estimate of drug-likeness (QED) is 0.451. The molecule has 1 fully saturated rings. The first-order valence-electron chi connectivity index (χ1n) is 7.16. The summed E-state index contributed by atoms with van der Waals surface area (Å²) in [6, 6.07) is 8.12. The van der Waals surface area contributed by atoms with E-state index in [1.165, 1.54) is 11.3 Å². The van der Waals surface area contributed by atoms with Gasteiger partial charge in [0.25, 0.3) is 5.91 Å². The lowest BCUT2D eigenvalue weighted by atomic mass is 10.1. The van der Waals surface area contributed by atoms with Crippen molar-refractivity contribution in [1.82, 2.24) is 10.3 Å². The number of nitrogens with one attached hydrogen (secondary N) is 1. The van der Waals surface area contributed by atoms with Gasteiger partial charge < -0.3 is 5.73 Å². The molecule has 0 bridgehead atoms. The van der Waals surface area contributed by atoms with E-state index in [0.717, 1.165) is 53.1 Å². The SMILES string of the molecule is NCC1CCN(Cc2c(C(=O)NN)sc3ccccc23)C1. The Morgan fingerprint density at radius 2 is 2.24 bits per heavy atom. The summed E-state index contributed by atoms with van der Waals surface area (Å²) < 4.78 is 1.13. The average molecular weight is 304 g/mol. The number of thiophene rings is 1. The molecule has 0 spiro atoms. The molecule has 21 heavy (non-hydrogen) atoms. The van der Waals surface area contributed by atoms with Gasteiger partial charge in [0.1, 0.15) is 0 Å². The molecule has 1 aromatic carbocycles. The van der Waals surface area contributed by atoms with E-state index in [4.69, 9.17) is 11.6 Å². The molecule has 3 rings (SSSR count). The van der Waals surface area contributed by atoms with Crippen molar-refractivity contribution in [2.24, 2.45) is 17.5 Å². The van der Waals surface area contributed by atoms with Crippen molar-refractivity contribution in [1.29, 1.82) is 0 Å². The van der Waals surface area contributed by atoms with Crippen molar-refractivity contribution in [2.45, 2.75) is 13.0 Å². The highest BCUT2D eigenvalue weighted by Gasteiger charge is 2.25. The molecule has 2 heterocycles. The van der Waals surface area contributed by atoms with Crippen LogP contribution >= 0.6 is 11.3 Å². The molecule has 2 aromatic rings. The minimum atomic E-state index is -0.208. The number of nitrogen functional groups attached to an aromatic ring is 1. The van der Waals surface area contributed by atoms with E-state index in [9.17, 15) is 4.79 Å². The van der Waals surface area contributed by atoms with Crippen molar-refractivity contribution in [3.05, 3.63) is 34.7 Å². The summed E-state index contributed by atoms with van der Waals surface area (Å²) >= 11 is 1.50. The van der Waals surface area contributed by atoms with Crippen LogP contribution in [0.25, 0.3) is 10.1 Å². The first-order valence-corrected chi connectivity index (χ1v) is 7.98. The van der Waals surface area contributed by atoms with Gasteiger partial charge in [-0.1, -0.05) is 18.2 Å². The number of hydrazine groups is 1. The van der Waals surface area contributed by atoms with E-state index < -0.39 is 0 Å². The average Bonchev–Trinajstić information content (AvgIpc) is 3.12. The number of carbonyl (C=O) groups is 1. The van der Waals surface area contributed by atoms with Crippen LogP contribution in [0, 0.1) is 5.92 Å². The third-order valence-electron chi connectivity index (χ3n) is 4.12. The number of likely N-dealkylation sites (tertiary alicyclic amines) is 1. The molecular formula is C15H20N4OS. The van der Waals surface area contributed by atoms with Crippen LogP contribution in [-0.4, -0.2) is 30.4 Å². The number of hydrogen-bond acceptors (Lipinski definition) is 5. The topological polar surface area (TPSA) is 84.4 Å². The normalized spacial score (nSPS) is 19.2. The van der Waals surface area contributed by atoms with Crippen LogP contribution in [0.1, 0.15) is 21.7 Å². The van der Waals surface area contributed by atoms with Crippen molar-refractivity contribution in [3.63, 3.8) is 0 Å². The Kier molecular flexibility index (Phi) is 4.21. The maximum absolute atomic E-state index is 12.0. The minimum Gasteiger partial charge on any atom is -0.330 e. The van der Waals surface area contributed by atoms with Crippen molar-refractivity contribution in [3.8, 4) is 0 Å². The molecular weight excluding hydrogens is 284 g/mol. The number of hydrogen-bond donors (Lipinski definition) is 3. The van der Waals surface area contributed by atoms with E-state index in [1.54, 1.807) is 0 Å². The van der Waals surface area contributed by atoms with Crippen molar-refractivity contribution >= 4 is 27.3 Å². The fraction of sp³-hybridized carbons (Fsp3) is 0.400. The molecule has 1 aliphatic heterocycles. The molecule has 0 radical (unpaired) electrons. The minimum absolute atomic E-state index is 0.208. The second kappa shape index (κ2) is 6.11. The molecule has 5 N–H and O–H groups in total. The lowest BCUT2D eigenvalue weighted by molar-refractivity contribution is 0.0956. The van der Waals surface area contributed by atoms with Crippen LogP contribution in [0.2, 0.25) is 0 Å². The third kappa shape index (κ3) is 2.80. The molecule has 1 aromatic heterocycles. The van der Waals surface area contributed by atoms with Gasteiger partial charge in [-0.2, -0.15) is 0 Å². The number of benzene rings is 1. The molecule has 1 aliphatic rings. The lowest BCUT2D eigenvalue weighted by Crippen LogP contribution is -2.31. The fourth-order valence-electron chi connectivity index (χ4n) is 2.98. The molecule has 1 amide bonds. The summed E-state index contributed by atoms with van der Waals surface area (Å²) in [5.41, 5.74) is 9.09. The largest absolute Gasteiger partial charge is 0.330 e. The Labute approximate surface area is 127 Å². The molecule has 6 heteroatoms. The second-order valence-electron chi connectivity index (χ2n) is 5.50. The lowest BCUT2D eigenvalue weighted by Gasteiger charge is -2.16. The third-order valence-corrected chi connectivity index (χ3v) is 5.33. The zero-order valence-corrected chi connectivity index (χ0v) is 12.7. The Hall–Kier alpha value is -1.47. The van der Waals surface area contributed by atoms with E-state index >= 15 is 0 Å². The zero-order valence-electron chi connectivity index (χ0n) is 11.8. The van der Waals surface area contributed by atoms with Gasteiger partial charge in [-0.05, 0) is 42.4 Å². The standard InChI is InChI=1S/C15H20N4OS/c16-7-10-5-6-19(8-10)9-12-11-3-1-2-4-13(11)21-14(12)15(20)18-17/h1-4,10H,5-9,16-17H2,(H,18,20). The maximum atomic E-state index is 12.0. The first kappa shape index (κ1) is 14.5. The van der Waals surface area contributed by atoms with Crippen LogP contribution < -0.4 is 17.0 Å². The van der Waals surface area contributed by atoms with E-state index in [0.29, 0.717) is 5.92 Å². The molecule has 1 atom stereocenters. The molecule has 0 aliphatic carbocycles. The number of nitrogens with two attached hydrogens (primary N) is 2. The van der Waals surface area contributed by atoms with Crippen molar-refractivity contribution < 1.29 is 4.79 Å². The molecule has 1 unspecified atom stereocenters. The zero-order chi connectivity index (χ0) is 14.8. The van der Waals surface area contributed by atoms with E-state index in [1.807, 2.05) is 18.2 Å². The van der Waals surface area contributed by atoms with Gasteiger partial charge in [0.15, 0.2) is 0 Å². The summed E-state index contributed by atoms with van der Waals surface area (Å²) in [6.07, 6.45) is 1.14. The highest BCUT2D eigenvalue weighted by Crippen LogP contribution is 2.33. The van der Waals surface area contributed by atoms with Gasteiger partial charge in [0.2, 0.25) is 0 Å². The summed E-state index contributed by atoms with van der Waals surface area (Å²) in [5, 5.41) is 1.15. The maximum Gasteiger partial charge on any atom is 0.275 e. The van der Waals surface area contributed by atoms with Crippen molar-refractivity contribution in [2.75, 3.05) is 19.6 Å². The predicted octanol–water partition coefficient (Wildman–Crippen LogP) is 1.29. The second-order valence-corrected chi connectivity index (χ2v) is 6.56. The Morgan fingerprint density at radius 1 is 1.43 bits per heavy atom. The van der Waals surface area contributed by atoms with Crippen LogP contribution in [0.4, 0.5) is 0 Å². The summed E-state index contributed by atoms with van der Waals surface area (Å²) in [7, 11) is 0. The number of amides is 1. The predicted molar refractivity (Wildman–Crippen MR) is 85.9 cm³/mol.